The number of hydrogen-bond donors (Lipinski definition) is 0. The van der Waals surface area contributed by atoms with Crippen LogP contribution in [0.1, 0.15) is 28.8 Å². The Bertz CT molecular complexity index is 856. The third kappa shape index (κ3) is 5.00. The van der Waals surface area contributed by atoms with Crippen molar-refractivity contribution in [1.29, 1.82) is 0 Å². The Balaban J connectivity index is 1.55. The summed E-state index contributed by atoms with van der Waals surface area (Å²) in [5.41, 5.74) is 0.815. The third-order valence-corrected chi connectivity index (χ3v) is 4.33. The number of likely N-dealkylation sites (tertiary alicyclic amines) is 1. The first-order chi connectivity index (χ1) is 13.0. The van der Waals surface area contributed by atoms with Crippen LogP contribution in [0, 0.1) is 11.6 Å². The second-order valence-corrected chi connectivity index (χ2v) is 6.27. The summed E-state index contributed by atoms with van der Waals surface area (Å²) in [5.74, 6) is -1.71. The Labute approximate surface area is 156 Å². The van der Waals surface area contributed by atoms with Crippen LogP contribution in [0.15, 0.2) is 48.5 Å². The van der Waals surface area contributed by atoms with Crippen molar-refractivity contribution < 1.29 is 23.1 Å². The lowest BCUT2D eigenvalue weighted by atomic mass is 10.1. The van der Waals surface area contributed by atoms with E-state index >= 15 is 0 Å². The molecule has 0 N–H and O–H groups in total. The smallest absolute Gasteiger partial charge is 0.260 e. The monoisotopic (exact) mass is 371 g/mol. The van der Waals surface area contributed by atoms with Crippen molar-refractivity contribution in [2.45, 2.75) is 12.8 Å². The van der Waals surface area contributed by atoms with E-state index in [1.54, 1.807) is 29.2 Å². The van der Waals surface area contributed by atoms with Gasteiger partial charge < -0.3 is 9.64 Å². The maximum absolute atomic E-state index is 13.2. The minimum Gasteiger partial charge on any atom is -0.484 e. The second-order valence-electron chi connectivity index (χ2n) is 6.27. The molecule has 2 aromatic carbocycles. The van der Waals surface area contributed by atoms with Gasteiger partial charge >= 0.3 is 0 Å². The number of benzene rings is 2. The zero-order valence-corrected chi connectivity index (χ0v) is 14.7. The van der Waals surface area contributed by atoms with Gasteiger partial charge in [0.1, 0.15) is 5.75 Å². The molecular formula is C21H19F2NO3. The molecule has 0 aliphatic carbocycles. The molecule has 0 aromatic heterocycles. The van der Waals surface area contributed by atoms with Crippen LogP contribution in [0.4, 0.5) is 8.78 Å². The van der Waals surface area contributed by atoms with Gasteiger partial charge in [-0.15, -0.1) is 0 Å². The van der Waals surface area contributed by atoms with E-state index < -0.39 is 11.6 Å². The number of nitrogens with zero attached hydrogens (tertiary/aromatic N) is 1. The first kappa shape index (κ1) is 18.8. The van der Waals surface area contributed by atoms with Crippen LogP contribution in [-0.2, 0) is 4.79 Å². The van der Waals surface area contributed by atoms with Gasteiger partial charge in [-0.2, -0.15) is 0 Å². The summed E-state index contributed by atoms with van der Waals surface area (Å²) in [5, 5.41) is 0. The number of hydrogen-bond acceptors (Lipinski definition) is 3. The first-order valence-electron chi connectivity index (χ1n) is 8.71. The average molecular weight is 371 g/mol. The SMILES string of the molecule is O=C(/C=C/c1ccc(F)c(F)c1)c1ccc(OCC(=O)N2CCCC2)cc1. The Hall–Kier alpha value is -3.02. The Morgan fingerprint density at radius 1 is 1.00 bits per heavy atom. The summed E-state index contributed by atoms with van der Waals surface area (Å²) in [6, 6.07) is 9.84. The van der Waals surface area contributed by atoms with Crippen LogP contribution in [0.5, 0.6) is 5.75 Å². The van der Waals surface area contributed by atoms with E-state index in [1.165, 1.54) is 18.2 Å². The molecule has 1 fully saturated rings. The lowest BCUT2D eigenvalue weighted by Gasteiger charge is -2.15. The van der Waals surface area contributed by atoms with Crippen molar-refractivity contribution in [3.05, 3.63) is 71.3 Å². The summed E-state index contributed by atoms with van der Waals surface area (Å²) in [4.78, 5) is 25.9. The number of allylic oxidation sites excluding steroid dienone is 1. The molecule has 0 bridgehead atoms. The second kappa shape index (κ2) is 8.58. The van der Waals surface area contributed by atoms with E-state index in [-0.39, 0.29) is 18.3 Å². The normalized spacial score (nSPS) is 13.9. The quantitative estimate of drug-likeness (QED) is 0.572. The molecule has 0 saturated carbocycles. The number of halogens is 2. The summed E-state index contributed by atoms with van der Waals surface area (Å²) in [7, 11) is 0. The highest BCUT2D eigenvalue weighted by Gasteiger charge is 2.18. The maximum atomic E-state index is 13.2. The largest absolute Gasteiger partial charge is 0.484 e. The molecule has 3 rings (SSSR count). The molecule has 1 saturated heterocycles. The van der Waals surface area contributed by atoms with Crippen molar-refractivity contribution >= 4 is 17.8 Å². The number of rotatable bonds is 6. The number of carbonyl (C=O) groups is 2. The fourth-order valence-electron chi connectivity index (χ4n) is 2.80. The maximum Gasteiger partial charge on any atom is 0.260 e. The molecule has 1 amide bonds. The van der Waals surface area contributed by atoms with Gasteiger partial charge in [0.25, 0.3) is 5.91 Å². The average Bonchev–Trinajstić information content (AvgIpc) is 3.22. The summed E-state index contributed by atoms with van der Waals surface area (Å²) in [6.45, 7) is 1.53. The molecule has 0 radical (unpaired) electrons. The van der Waals surface area contributed by atoms with E-state index in [0.29, 0.717) is 16.9 Å². The van der Waals surface area contributed by atoms with Crippen LogP contribution < -0.4 is 4.74 Å². The van der Waals surface area contributed by atoms with Gasteiger partial charge in [-0.05, 0) is 60.9 Å². The molecule has 1 aliphatic heterocycles. The summed E-state index contributed by atoms with van der Waals surface area (Å²) in [6.07, 6.45) is 4.77. The Kier molecular flexibility index (Phi) is 5.96. The zero-order valence-electron chi connectivity index (χ0n) is 14.7. The lowest BCUT2D eigenvalue weighted by Crippen LogP contribution is -2.32. The molecule has 1 heterocycles. The van der Waals surface area contributed by atoms with E-state index in [2.05, 4.69) is 0 Å². The fraction of sp³-hybridized carbons (Fsp3) is 0.238. The van der Waals surface area contributed by atoms with Gasteiger partial charge in [-0.25, -0.2) is 8.78 Å². The van der Waals surface area contributed by atoms with Crippen LogP contribution in [0.3, 0.4) is 0 Å². The topological polar surface area (TPSA) is 46.6 Å². The van der Waals surface area contributed by atoms with Crippen molar-refractivity contribution in [2.75, 3.05) is 19.7 Å². The molecule has 0 spiro atoms. The van der Waals surface area contributed by atoms with E-state index in [9.17, 15) is 18.4 Å². The van der Waals surface area contributed by atoms with Gasteiger partial charge in [0.15, 0.2) is 24.0 Å². The fourth-order valence-corrected chi connectivity index (χ4v) is 2.80. The molecule has 140 valence electrons. The van der Waals surface area contributed by atoms with E-state index in [4.69, 9.17) is 4.74 Å². The number of carbonyl (C=O) groups excluding carboxylic acids is 2. The lowest BCUT2D eigenvalue weighted by molar-refractivity contribution is -0.132. The molecule has 4 nitrogen and oxygen atoms in total. The molecule has 0 atom stereocenters. The molecule has 27 heavy (non-hydrogen) atoms. The standard InChI is InChI=1S/C21H19F2NO3/c22-18-9-3-15(13-19(18)23)4-10-20(25)16-5-7-17(8-6-16)27-14-21(26)24-11-1-2-12-24/h3-10,13H,1-2,11-12,14H2/b10-4+. The van der Waals surface area contributed by atoms with E-state index in [1.807, 2.05) is 0 Å². The van der Waals surface area contributed by atoms with Gasteiger partial charge in [0.2, 0.25) is 0 Å². The number of ether oxygens (including phenoxy) is 1. The predicted octanol–water partition coefficient (Wildman–Crippen LogP) is 3.86. The Morgan fingerprint density at radius 3 is 2.37 bits per heavy atom. The number of ketones is 1. The molecule has 0 unspecified atom stereocenters. The van der Waals surface area contributed by atoms with Crippen LogP contribution in [0.25, 0.3) is 6.08 Å². The van der Waals surface area contributed by atoms with Crippen molar-refractivity contribution in [3.63, 3.8) is 0 Å². The molecule has 6 heteroatoms. The summed E-state index contributed by atoms with van der Waals surface area (Å²) >= 11 is 0. The predicted molar refractivity (Wildman–Crippen MR) is 97.5 cm³/mol. The zero-order chi connectivity index (χ0) is 19.2. The van der Waals surface area contributed by atoms with Crippen LogP contribution in [0.2, 0.25) is 0 Å². The van der Waals surface area contributed by atoms with Crippen LogP contribution >= 0.6 is 0 Å². The highest BCUT2D eigenvalue weighted by molar-refractivity contribution is 6.06. The molecular weight excluding hydrogens is 352 g/mol. The van der Waals surface area contributed by atoms with Gasteiger partial charge in [-0.3, -0.25) is 9.59 Å². The minimum atomic E-state index is -0.963. The van der Waals surface area contributed by atoms with Gasteiger partial charge in [0.05, 0.1) is 0 Å². The minimum absolute atomic E-state index is 0.0245. The summed E-state index contributed by atoms with van der Waals surface area (Å²) < 4.78 is 31.5. The Morgan fingerprint density at radius 2 is 1.70 bits per heavy atom. The van der Waals surface area contributed by atoms with Gasteiger partial charge in [-0.1, -0.05) is 12.1 Å². The third-order valence-electron chi connectivity index (χ3n) is 4.33. The van der Waals surface area contributed by atoms with Gasteiger partial charge in [0, 0.05) is 18.7 Å². The van der Waals surface area contributed by atoms with Crippen molar-refractivity contribution in [3.8, 4) is 5.75 Å². The first-order valence-corrected chi connectivity index (χ1v) is 8.71. The van der Waals surface area contributed by atoms with Crippen LogP contribution in [-0.4, -0.2) is 36.3 Å². The van der Waals surface area contributed by atoms with Crippen molar-refractivity contribution in [1.82, 2.24) is 4.90 Å². The van der Waals surface area contributed by atoms with E-state index in [0.717, 1.165) is 38.1 Å². The highest BCUT2D eigenvalue weighted by Crippen LogP contribution is 2.15. The highest BCUT2D eigenvalue weighted by atomic mass is 19.2. The number of amides is 1. The molecule has 1 aliphatic rings. The molecule has 2 aromatic rings. The van der Waals surface area contributed by atoms with Crippen molar-refractivity contribution in [2.24, 2.45) is 0 Å².